The Morgan fingerprint density at radius 3 is 1.45 bits per heavy atom. The van der Waals surface area contributed by atoms with Gasteiger partial charge in [0, 0.05) is 53.6 Å². The molecule has 1 amide bonds. The lowest BCUT2D eigenvalue weighted by Crippen LogP contribution is -2.31. The number of nitrogens with one attached hydrogen (secondary N) is 1. The van der Waals surface area contributed by atoms with Crippen molar-refractivity contribution in [2.24, 2.45) is 0 Å². The molecule has 10 nitrogen and oxygen atoms in total. The molecule has 0 spiro atoms. The Morgan fingerprint density at radius 2 is 1.05 bits per heavy atom. The number of rotatable bonds is 39. The molecule has 0 rings (SSSR count). The van der Waals surface area contributed by atoms with Crippen LogP contribution in [0.2, 0.25) is 0 Å². The first-order chi connectivity index (χ1) is 26.7. The summed E-state index contributed by atoms with van der Waals surface area (Å²) in [6.45, 7) is 12.6. The zero-order valence-corrected chi connectivity index (χ0v) is 37.9. The molecule has 0 saturated heterocycles. The highest BCUT2D eigenvalue weighted by atomic mass is 16.5. The predicted molar refractivity (Wildman–Crippen MR) is 233 cm³/mol. The summed E-state index contributed by atoms with van der Waals surface area (Å²) >= 11 is 0. The monoisotopic (exact) mass is 793 g/mol. The molecule has 0 aromatic carbocycles. The molecule has 0 aliphatic carbocycles. The Hall–Kier alpha value is -1.30. The summed E-state index contributed by atoms with van der Waals surface area (Å²) in [4.78, 5) is 23.1. The van der Waals surface area contributed by atoms with Crippen LogP contribution in [0.4, 0.5) is 0 Å². The number of ether oxygens (including phenoxy) is 4. The molecule has 0 heterocycles. The molecule has 10 heteroatoms. The normalized spacial score (nSPS) is 10.8. The number of methoxy groups -OCH3 is 1. The van der Waals surface area contributed by atoms with Gasteiger partial charge in [0.05, 0.1) is 25.4 Å². The van der Waals surface area contributed by atoms with E-state index in [1.54, 1.807) is 7.11 Å². The van der Waals surface area contributed by atoms with Crippen molar-refractivity contribution in [3.05, 3.63) is 0 Å². The Balaban J connectivity index is -0.000000350. The van der Waals surface area contributed by atoms with Gasteiger partial charge in [0.2, 0.25) is 6.41 Å². The second kappa shape index (κ2) is 54.8. The van der Waals surface area contributed by atoms with E-state index in [1.165, 1.54) is 148 Å². The summed E-state index contributed by atoms with van der Waals surface area (Å²) in [5.74, 6) is -0.312. The molecule has 3 N–H and O–H groups in total. The second-order valence-corrected chi connectivity index (χ2v) is 15.4. The maximum atomic E-state index is 11.2. The van der Waals surface area contributed by atoms with Crippen molar-refractivity contribution >= 4 is 12.4 Å². The number of aliphatic hydroxyl groups excluding tert-OH is 2. The minimum atomic E-state index is -0.328. The van der Waals surface area contributed by atoms with E-state index >= 15 is 0 Å². The number of hydrogen-bond donors (Lipinski definition) is 3. The van der Waals surface area contributed by atoms with Crippen molar-refractivity contribution in [1.29, 1.82) is 0 Å². The van der Waals surface area contributed by atoms with Crippen LogP contribution < -0.4 is 5.32 Å². The molecule has 0 aliphatic rings. The Morgan fingerprint density at radius 1 is 0.636 bits per heavy atom. The van der Waals surface area contributed by atoms with Gasteiger partial charge in [-0.05, 0) is 47.2 Å². The van der Waals surface area contributed by atoms with Crippen LogP contribution in [0.5, 0.6) is 0 Å². The minimum Gasteiger partial charge on any atom is -0.466 e. The molecule has 0 aliphatic heterocycles. The van der Waals surface area contributed by atoms with Crippen molar-refractivity contribution < 1.29 is 38.7 Å². The van der Waals surface area contributed by atoms with E-state index in [2.05, 4.69) is 19.2 Å². The van der Waals surface area contributed by atoms with Crippen LogP contribution in [0.3, 0.4) is 0 Å². The third kappa shape index (κ3) is 64.9. The maximum Gasteiger partial charge on any atom is 0.307 e. The van der Waals surface area contributed by atoms with Crippen LogP contribution in [0.25, 0.3) is 0 Å². The topological polar surface area (TPSA) is 127 Å². The fourth-order valence-corrected chi connectivity index (χ4v) is 5.50. The molecule has 334 valence electrons. The van der Waals surface area contributed by atoms with Gasteiger partial charge in [0.25, 0.3) is 0 Å². The summed E-state index contributed by atoms with van der Waals surface area (Å²) in [6, 6.07) is 0. The fraction of sp³-hybridized carbons (Fsp3) is 0.956. The van der Waals surface area contributed by atoms with Gasteiger partial charge in [0.1, 0.15) is 0 Å². The molecule has 0 unspecified atom stereocenters. The van der Waals surface area contributed by atoms with Crippen LogP contribution in [-0.4, -0.2) is 108 Å². The zero-order valence-electron chi connectivity index (χ0n) is 37.9. The van der Waals surface area contributed by atoms with Crippen LogP contribution in [0.15, 0.2) is 0 Å². The summed E-state index contributed by atoms with van der Waals surface area (Å²) in [5.41, 5.74) is -0.328. The summed E-state index contributed by atoms with van der Waals surface area (Å²) in [7, 11) is 6.59. The lowest BCUT2D eigenvalue weighted by molar-refractivity contribution is -0.146. The van der Waals surface area contributed by atoms with E-state index in [4.69, 9.17) is 29.2 Å². The van der Waals surface area contributed by atoms with Crippen molar-refractivity contribution in [3.63, 3.8) is 0 Å². The fourth-order valence-electron chi connectivity index (χ4n) is 5.50. The average molecular weight is 793 g/mol. The lowest BCUT2D eigenvalue weighted by Gasteiger charge is -2.26. The van der Waals surface area contributed by atoms with Crippen LogP contribution in [0, 0.1) is 0 Å². The third-order valence-corrected chi connectivity index (χ3v) is 9.03. The van der Waals surface area contributed by atoms with Crippen LogP contribution >= 0.6 is 0 Å². The first kappa shape index (κ1) is 60.4. The summed E-state index contributed by atoms with van der Waals surface area (Å²) < 4.78 is 21.2. The summed E-state index contributed by atoms with van der Waals surface area (Å²) in [6.07, 6.45) is 35.5. The SMILES string of the molecule is CCCCCCCCCCCCCCO.CCCCCCCCCCCCCCOCCCOC.CN(C)COC(C)(C)CCOC(=O)CCNC=O.CO. The zero-order chi connectivity index (χ0) is 41.9. The van der Waals surface area contributed by atoms with Gasteiger partial charge < -0.3 is 34.5 Å². The van der Waals surface area contributed by atoms with Gasteiger partial charge in [-0.25, -0.2) is 0 Å². The molecule has 55 heavy (non-hydrogen) atoms. The Bertz CT molecular complexity index is 668. The second-order valence-electron chi connectivity index (χ2n) is 15.4. The molecule has 0 bridgehead atoms. The van der Waals surface area contributed by atoms with Crippen molar-refractivity contribution in [1.82, 2.24) is 10.2 Å². The number of carbonyl (C=O) groups is 2. The quantitative estimate of drug-likeness (QED) is 0.0241. The highest BCUT2D eigenvalue weighted by Gasteiger charge is 2.19. The van der Waals surface area contributed by atoms with Crippen LogP contribution in [0.1, 0.15) is 201 Å². The minimum absolute atomic E-state index is 0.192. The smallest absolute Gasteiger partial charge is 0.307 e. The average Bonchev–Trinajstić information content (AvgIpc) is 3.17. The Labute approximate surface area is 341 Å². The third-order valence-electron chi connectivity index (χ3n) is 9.03. The van der Waals surface area contributed by atoms with E-state index in [9.17, 15) is 9.59 Å². The van der Waals surface area contributed by atoms with Crippen LogP contribution in [-0.2, 0) is 28.5 Å². The first-order valence-electron chi connectivity index (χ1n) is 22.4. The van der Waals surface area contributed by atoms with E-state index in [0.717, 1.165) is 39.8 Å². The number of hydrogen-bond acceptors (Lipinski definition) is 9. The number of carbonyl (C=O) groups excluding carboxylic acids is 2. The molecule has 0 atom stereocenters. The van der Waals surface area contributed by atoms with Gasteiger partial charge in [0.15, 0.2) is 0 Å². The Kier molecular flexibility index (Phi) is 60.2. The van der Waals surface area contributed by atoms with Gasteiger partial charge in [-0.2, -0.15) is 0 Å². The van der Waals surface area contributed by atoms with Crippen molar-refractivity contribution in [2.75, 3.05) is 74.6 Å². The number of amides is 1. The van der Waals surface area contributed by atoms with Crippen molar-refractivity contribution in [3.8, 4) is 0 Å². The number of unbranched alkanes of at least 4 members (excludes halogenated alkanes) is 22. The lowest BCUT2D eigenvalue weighted by atomic mass is 10.1. The van der Waals surface area contributed by atoms with E-state index in [0.29, 0.717) is 39.3 Å². The van der Waals surface area contributed by atoms with E-state index < -0.39 is 0 Å². The molecule has 0 radical (unpaired) electrons. The van der Waals surface area contributed by atoms with Gasteiger partial charge in [-0.3, -0.25) is 14.5 Å². The molecular formula is C45H96N2O8. The molecule has 0 aromatic rings. The molecular weight excluding hydrogens is 697 g/mol. The van der Waals surface area contributed by atoms with Gasteiger partial charge >= 0.3 is 5.97 Å². The number of nitrogens with zero attached hydrogens (tertiary/aromatic N) is 1. The van der Waals surface area contributed by atoms with Gasteiger partial charge in [-0.1, -0.05) is 155 Å². The molecule has 0 fully saturated rings. The molecule has 0 aromatic heterocycles. The summed E-state index contributed by atoms with van der Waals surface area (Å²) in [5, 5.41) is 18.0. The molecule has 0 saturated carbocycles. The first-order valence-corrected chi connectivity index (χ1v) is 22.4. The predicted octanol–water partition coefficient (Wildman–Crippen LogP) is 10.4. The van der Waals surface area contributed by atoms with E-state index in [1.807, 2.05) is 32.8 Å². The van der Waals surface area contributed by atoms with Gasteiger partial charge in [-0.15, -0.1) is 0 Å². The van der Waals surface area contributed by atoms with Crippen molar-refractivity contribution in [2.45, 2.75) is 207 Å². The maximum absolute atomic E-state index is 11.2. The number of esters is 1. The highest BCUT2D eigenvalue weighted by Crippen LogP contribution is 2.15. The standard InChI is InChI=1S/C18H38O2.C14H30O.C12H24N2O4.CH4O/c1-3-4-5-6-7-8-9-10-11-12-13-14-17-20-18-15-16-19-2;1-2-3-4-5-6-7-8-9-10-11-12-13-14-15;1-12(2,18-10-14(3)4)6-8-17-11(16)5-7-13-9-15;1-2/h3-18H2,1-2H3;15H,2-14H2,1H3;9H,5-8,10H2,1-4H3,(H,13,15);2H,1H3. The highest BCUT2D eigenvalue weighted by molar-refractivity contribution is 5.69. The number of aliphatic hydroxyl groups is 2. The van der Waals surface area contributed by atoms with E-state index in [-0.39, 0.29) is 18.0 Å². The largest absolute Gasteiger partial charge is 0.466 e.